The molecule has 0 bridgehead atoms. The van der Waals surface area contributed by atoms with Crippen LogP contribution in [0, 0.1) is 21.7 Å². The van der Waals surface area contributed by atoms with Crippen molar-refractivity contribution in [3.63, 3.8) is 0 Å². The van der Waals surface area contributed by atoms with Gasteiger partial charge in [-0.15, -0.1) is 0 Å². The molecule has 1 saturated heterocycles. The van der Waals surface area contributed by atoms with Gasteiger partial charge in [0.2, 0.25) is 0 Å². The first-order valence-electron chi connectivity index (χ1n) is 10.1. The van der Waals surface area contributed by atoms with Crippen LogP contribution in [0.3, 0.4) is 0 Å². The minimum Gasteiger partial charge on any atom is -0.507 e. The molecule has 3 aromatic carbocycles. The number of fused-ring (bicyclic) bond motifs is 1. The van der Waals surface area contributed by atoms with Crippen molar-refractivity contribution in [1.82, 2.24) is 4.98 Å². The lowest BCUT2D eigenvalue weighted by Crippen LogP contribution is -2.29. The van der Waals surface area contributed by atoms with E-state index in [4.69, 9.17) is 0 Å². The molecule has 0 saturated carbocycles. The molecule has 11 heteroatoms. The van der Waals surface area contributed by atoms with Crippen LogP contribution in [0.2, 0.25) is 0 Å². The minimum absolute atomic E-state index is 0.0439. The van der Waals surface area contributed by atoms with Gasteiger partial charge in [0.1, 0.15) is 17.4 Å². The number of hydrogen-bond donors (Lipinski definition) is 1. The van der Waals surface area contributed by atoms with E-state index in [1.54, 1.807) is 0 Å². The zero-order valence-electron chi connectivity index (χ0n) is 17.5. The van der Waals surface area contributed by atoms with Crippen molar-refractivity contribution < 1.29 is 28.4 Å². The normalized spacial score (nSPS) is 17.3. The number of nitro benzene ring substituents is 1. The van der Waals surface area contributed by atoms with E-state index >= 15 is 0 Å². The van der Waals surface area contributed by atoms with Gasteiger partial charge in [0.15, 0.2) is 5.13 Å². The van der Waals surface area contributed by atoms with Crippen molar-refractivity contribution in [2.24, 2.45) is 0 Å². The highest BCUT2D eigenvalue weighted by atomic mass is 32.1. The monoisotopic (exact) mass is 493 g/mol. The van der Waals surface area contributed by atoms with Gasteiger partial charge in [-0.05, 0) is 48.0 Å². The third-order valence-corrected chi connectivity index (χ3v) is 6.52. The summed E-state index contributed by atoms with van der Waals surface area (Å²) in [7, 11) is 0. The van der Waals surface area contributed by atoms with E-state index < -0.39 is 40.0 Å². The maximum absolute atomic E-state index is 13.7. The molecule has 174 valence electrons. The van der Waals surface area contributed by atoms with E-state index in [-0.39, 0.29) is 27.5 Å². The first kappa shape index (κ1) is 22.3. The fraction of sp³-hybridized carbons (Fsp3) is 0.0417. The molecule has 1 atom stereocenters. The lowest BCUT2D eigenvalue weighted by molar-refractivity contribution is -0.384. The van der Waals surface area contributed by atoms with E-state index in [1.807, 2.05) is 0 Å². The van der Waals surface area contributed by atoms with Gasteiger partial charge in [-0.2, -0.15) is 0 Å². The van der Waals surface area contributed by atoms with Crippen molar-refractivity contribution in [2.45, 2.75) is 6.04 Å². The summed E-state index contributed by atoms with van der Waals surface area (Å²) in [5.74, 6) is -3.73. The maximum atomic E-state index is 13.7. The fourth-order valence-corrected chi connectivity index (χ4v) is 4.92. The molecule has 8 nitrogen and oxygen atoms in total. The lowest BCUT2D eigenvalue weighted by Gasteiger charge is -2.22. The number of aliphatic hydroxyl groups excluding tert-OH is 1. The van der Waals surface area contributed by atoms with Gasteiger partial charge in [-0.3, -0.25) is 24.6 Å². The molecule has 1 fully saturated rings. The zero-order chi connectivity index (χ0) is 24.9. The number of rotatable bonds is 4. The number of halogens is 2. The third-order valence-electron chi connectivity index (χ3n) is 5.50. The number of carbonyl (C=O) groups is 2. The number of hydrogen-bond acceptors (Lipinski definition) is 7. The number of non-ortho nitro benzene ring substituents is 1. The number of ketones is 1. The number of aromatic nitrogens is 1. The van der Waals surface area contributed by atoms with E-state index in [9.17, 15) is 33.6 Å². The van der Waals surface area contributed by atoms with Gasteiger partial charge < -0.3 is 5.11 Å². The molecule has 1 aliphatic rings. The predicted molar refractivity (Wildman–Crippen MR) is 124 cm³/mol. The van der Waals surface area contributed by atoms with Crippen molar-refractivity contribution in [3.05, 3.63) is 105 Å². The average Bonchev–Trinajstić information content (AvgIpc) is 3.37. The number of aliphatic hydroxyl groups is 1. The molecule has 2 heterocycles. The third kappa shape index (κ3) is 3.81. The number of anilines is 1. The number of carbonyl (C=O) groups excluding carboxylic acids is 2. The molecule has 35 heavy (non-hydrogen) atoms. The first-order chi connectivity index (χ1) is 16.7. The predicted octanol–water partition coefficient (Wildman–Crippen LogP) is 5.11. The van der Waals surface area contributed by atoms with Gasteiger partial charge in [0.25, 0.3) is 11.5 Å². The lowest BCUT2D eigenvalue weighted by atomic mass is 9.95. The highest BCUT2D eigenvalue weighted by Crippen LogP contribution is 2.44. The highest BCUT2D eigenvalue weighted by Gasteiger charge is 2.48. The van der Waals surface area contributed by atoms with Crippen LogP contribution in [0.4, 0.5) is 19.6 Å². The van der Waals surface area contributed by atoms with Gasteiger partial charge in [0, 0.05) is 17.7 Å². The Morgan fingerprint density at radius 3 is 2.46 bits per heavy atom. The smallest absolute Gasteiger partial charge is 0.301 e. The summed E-state index contributed by atoms with van der Waals surface area (Å²) < 4.78 is 27.6. The Kier molecular flexibility index (Phi) is 5.33. The summed E-state index contributed by atoms with van der Waals surface area (Å²) in [5, 5.41) is 22.4. The Bertz CT molecular complexity index is 1570. The second-order valence-corrected chi connectivity index (χ2v) is 8.65. The van der Waals surface area contributed by atoms with E-state index in [0.29, 0.717) is 10.2 Å². The number of thiazole rings is 1. The second kappa shape index (κ2) is 8.37. The van der Waals surface area contributed by atoms with Crippen LogP contribution < -0.4 is 4.90 Å². The SMILES string of the molecule is O=C1C(=O)N(c2nc3ccc(F)cc3s2)[C@H](c2cccc([N+](=O)[O-])c2)C1=C(O)c1ccc(F)cc1. The quantitative estimate of drug-likeness (QED) is 0.139. The van der Waals surface area contributed by atoms with E-state index in [1.165, 1.54) is 54.6 Å². The number of benzene rings is 3. The molecule has 1 amide bonds. The van der Waals surface area contributed by atoms with E-state index in [2.05, 4.69) is 4.98 Å². The van der Waals surface area contributed by atoms with Crippen LogP contribution in [0.1, 0.15) is 17.2 Å². The summed E-state index contributed by atoms with van der Waals surface area (Å²) >= 11 is 0.949. The molecular formula is C24H13F2N3O5S. The molecule has 1 aromatic heterocycles. The number of nitro groups is 1. The van der Waals surface area contributed by atoms with Gasteiger partial charge in [0.05, 0.1) is 26.8 Å². The Balaban J connectivity index is 1.75. The maximum Gasteiger partial charge on any atom is 0.301 e. The van der Waals surface area contributed by atoms with Crippen LogP contribution >= 0.6 is 11.3 Å². The Morgan fingerprint density at radius 2 is 1.74 bits per heavy atom. The summed E-state index contributed by atoms with van der Waals surface area (Å²) in [5.41, 5.74) is -0.00267. The van der Waals surface area contributed by atoms with Crippen LogP contribution in [-0.4, -0.2) is 26.7 Å². The summed E-state index contributed by atoms with van der Waals surface area (Å²) in [6, 6.07) is 12.5. The fourth-order valence-electron chi connectivity index (χ4n) is 3.91. The number of nitrogens with zero attached hydrogens (tertiary/aromatic N) is 3. The Labute approximate surface area is 199 Å². The molecule has 4 aromatic rings. The summed E-state index contributed by atoms with van der Waals surface area (Å²) in [4.78, 5) is 42.5. The molecule has 0 aliphatic carbocycles. The van der Waals surface area contributed by atoms with Crippen LogP contribution in [0.25, 0.3) is 16.0 Å². The molecular weight excluding hydrogens is 480 g/mol. The average molecular weight is 493 g/mol. The summed E-state index contributed by atoms with van der Waals surface area (Å²) in [6.45, 7) is 0. The van der Waals surface area contributed by atoms with Crippen molar-refractivity contribution in [2.75, 3.05) is 4.90 Å². The minimum atomic E-state index is -1.27. The zero-order valence-corrected chi connectivity index (χ0v) is 18.3. The molecule has 0 unspecified atom stereocenters. The molecule has 0 spiro atoms. The van der Waals surface area contributed by atoms with Crippen LogP contribution in [0.15, 0.2) is 72.3 Å². The highest BCUT2D eigenvalue weighted by molar-refractivity contribution is 7.22. The largest absolute Gasteiger partial charge is 0.507 e. The molecule has 0 radical (unpaired) electrons. The number of amides is 1. The van der Waals surface area contributed by atoms with Gasteiger partial charge in [-0.25, -0.2) is 13.8 Å². The standard InChI is InChI=1S/C24H13F2N3O5S/c25-14-6-4-12(5-7-14)21(30)19-20(13-2-1-3-16(10-13)29(33)34)28(23(32)22(19)31)24-27-17-9-8-15(26)11-18(17)35-24/h1-11,20,30H/t20-/m1/s1. The Morgan fingerprint density at radius 1 is 1.03 bits per heavy atom. The van der Waals surface area contributed by atoms with Gasteiger partial charge in [-0.1, -0.05) is 23.5 Å². The Hall–Kier alpha value is -4.51. The van der Waals surface area contributed by atoms with Crippen molar-refractivity contribution in [3.8, 4) is 0 Å². The van der Waals surface area contributed by atoms with E-state index in [0.717, 1.165) is 28.4 Å². The summed E-state index contributed by atoms with van der Waals surface area (Å²) in [6.07, 6.45) is 0. The molecule has 1 N–H and O–H groups in total. The first-order valence-corrected chi connectivity index (χ1v) is 10.9. The topological polar surface area (TPSA) is 114 Å². The molecule has 1 aliphatic heterocycles. The number of Topliss-reactive ketones (excluding diaryl/α,β-unsaturated/α-hetero) is 1. The second-order valence-electron chi connectivity index (χ2n) is 7.64. The van der Waals surface area contributed by atoms with Crippen LogP contribution in [0.5, 0.6) is 0 Å². The molecule has 5 rings (SSSR count). The van der Waals surface area contributed by atoms with Crippen molar-refractivity contribution >= 4 is 49.8 Å². The van der Waals surface area contributed by atoms with Crippen molar-refractivity contribution in [1.29, 1.82) is 0 Å². The van der Waals surface area contributed by atoms with Crippen LogP contribution in [-0.2, 0) is 9.59 Å². The van der Waals surface area contributed by atoms with Gasteiger partial charge >= 0.3 is 5.91 Å².